The first-order chi connectivity index (χ1) is 10.0. The second-order valence-electron chi connectivity index (χ2n) is 5.63. The molecule has 2 atom stereocenters. The van der Waals surface area contributed by atoms with Gasteiger partial charge in [-0.05, 0) is 48.9 Å². The summed E-state index contributed by atoms with van der Waals surface area (Å²) in [4.78, 5) is 23.8. The van der Waals surface area contributed by atoms with Crippen molar-refractivity contribution in [2.75, 3.05) is 11.9 Å². The van der Waals surface area contributed by atoms with Crippen LogP contribution in [0.5, 0.6) is 0 Å². The molecular weight excluding hydrogens is 266 g/mol. The van der Waals surface area contributed by atoms with Gasteiger partial charge in [0.25, 0.3) is 0 Å². The van der Waals surface area contributed by atoms with Gasteiger partial charge in [0.15, 0.2) is 0 Å². The number of hydrogen-bond donors (Lipinski definition) is 3. The van der Waals surface area contributed by atoms with Crippen LogP contribution in [-0.4, -0.2) is 24.5 Å². The Morgan fingerprint density at radius 3 is 2.86 bits per heavy atom. The highest BCUT2D eigenvalue weighted by Gasteiger charge is 2.30. The summed E-state index contributed by atoms with van der Waals surface area (Å²) in [5.74, 6) is 0.0378. The first-order valence-corrected chi connectivity index (χ1v) is 7.46. The van der Waals surface area contributed by atoms with Crippen LogP contribution in [0.15, 0.2) is 18.2 Å². The molecule has 1 heterocycles. The maximum atomic E-state index is 12.1. The standard InChI is InChI=1S/C16H23N3O2/c1-4-12-9-13(6-5-10(12)2)18-16(21)19-14-11(3)7-8-17-15(14)20/h5-6,9,11,14H,4,7-8H2,1-3H3,(H,17,20)(H2,18,19,21)/t11-,14-/m1/s1. The Hall–Kier alpha value is -2.04. The third kappa shape index (κ3) is 3.74. The van der Waals surface area contributed by atoms with Crippen molar-refractivity contribution in [3.63, 3.8) is 0 Å². The molecule has 1 aromatic carbocycles. The van der Waals surface area contributed by atoms with Crippen molar-refractivity contribution < 1.29 is 9.59 Å². The number of hydrogen-bond acceptors (Lipinski definition) is 2. The van der Waals surface area contributed by atoms with Crippen LogP contribution in [0.3, 0.4) is 0 Å². The molecule has 1 saturated heterocycles. The molecule has 1 fully saturated rings. The van der Waals surface area contributed by atoms with Crippen molar-refractivity contribution in [3.8, 4) is 0 Å². The van der Waals surface area contributed by atoms with Gasteiger partial charge in [-0.25, -0.2) is 4.79 Å². The van der Waals surface area contributed by atoms with E-state index in [1.165, 1.54) is 11.1 Å². The maximum Gasteiger partial charge on any atom is 0.319 e. The molecule has 0 bridgehead atoms. The highest BCUT2D eigenvalue weighted by Crippen LogP contribution is 2.16. The molecule has 0 radical (unpaired) electrons. The van der Waals surface area contributed by atoms with Crippen molar-refractivity contribution >= 4 is 17.6 Å². The topological polar surface area (TPSA) is 70.2 Å². The van der Waals surface area contributed by atoms with Gasteiger partial charge in [0, 0.05) is 12.2 Å². The molecule has 2 rings (SSSR count). The Balaban J connectivity index is 1.99. The van der Waals surface area contributed by atoms with Gasteiger partial charge in [-0.3, -0.25) is 4.79 Å². The average molecular weight is 289 g/mol. The maximum absolute atomic E-state index is 12.1. The number of amides is 3. The number of piperidine rings is 1. The van der Waals surface area contributed by atoms with Gasteiger partial charge in [0.1, 0.15) is 6.04 Å². The summed E-state index contributed by atoms with van der Waals surface area (Å²) in [6.07, 6.45) is 1.80. The lowest BCUT2D eigenvalue weighted by Crippen LogP contribution is -2.55. The summed E-state index contributed by atoms with van der Waals surface area (Å²) in [6, 6.07) is 5.03. The second kappa shape index (κ2) is 6.61. The van der Waals surface area contributed by atoms with E-state index in [0.717, 1.165) is 18.5 Å². The molecule has 0 spiro atoms. The van der Waals surface area contributed by atoms with Gasteiger partial charge in [-0.15, -0.1) is 0 Å². The highest BCUT2D eigenvalue weighted by molar-refractivity contribution is 5.94. The van der Waals surface area contributed by atoms with Gasteiger partial charge in [-0.2, -0.15) is 0 Å². The molecular formula is C16H23N3O2. The Labute approximate surface area is 125 Å². The summed E-state index contributed by atoms with van der Waals surface area (Å²) in [6.45, 7) is 6.79. The molecule has 0 saturated carbocycles. The fourth-order valence-electron chi connectivity index (χ4n) is 2.60. The van der Waals surface area contributed by atoms with E-state index in [2.05, 4.69) is 29.8 Å². The summed E-state index contributed by atoms with van der Waals surface area (Å²) < 4.78 is 0. The summed E-state index contributed by atoms with van der Waals surface area (Å²) in [5.41, 5.74) is 3.17. The predicted octanol–water partition coefficient (Wildman–Crippen LogP) is 2.20. The van der Waals surface area contributed by atoms with E-state index >= 15 is 0 Å². The monoisotopic (exact) mass is 289 g/mol. The van der Waals surface area contributed by atoms with Crippen molar-refractivity contribution in [2.45, 2.75) is 39.7 Å². The van der Waals surface area contributed by atoms with Crippen LogP contribution in [0.2, 0.25) is 0 Å². The van der Waals surface area contributed by atoms with E-state index in [4.69, 9.17) is 0 Å². The van der Waals surface area contributed by atoms with E-state index in [-0.39, 0.29) is 17.9 Å². The normalized spacial score (nSPS) is 21.6. The van der Waals surface area contributed by atoms with Gasteiger partial charge < -0.3 is 16.0 Å². The summed E-state index contributed by atoms with van der Waals surface area (Å²) >= 11 is 0. The molecule has 5 nitrogen and oxygen atoms in total. The zero-order valence-electron chi connectivity index (χ0n) is 12.8. The number of benzene rings is 1. The van der Waals surface area contributed by atoms with Crippen molar-refractivity contribution in [1.29, 1.82) is 0 Å². The van der Waals surface area contributed by atoms with Crippen LogP contribution in [0.1, 0.15) is 31.4 Å². The number of rotatable bonds is 3. The molecule has 5 heteroatoms. The first-order valence-electron chi connectivity index (χ1n) is 7.46. The Morgan fingerprint density at radius 2 is 2.19 bits per heavy atom. The number of carbonyl (C=O) groups excluding carboxylic acids is 2. The lowest BCUT2D eigenvalue weighted by Gasteiger charge is -2.29. The minimum atomic E-state index is -0.463. The molecule has 0 aliphatic carbocycles. The van der Waals surface area contributed by atoms with Crippen LogP contribution < -0.4 is 16.0 Å². The minimum absolute atomic E-state index is 0.109. The minimum Gasteiger partial charge on any atom is -0.354 e. The van der Waals surface area contributed by atoms with Crippen LogP contribution >= 0.6 is 0 Å². The van der Waals surface area contributed by atoms with E-state index in [0.29, 0.717) is 6.54 Å². The van der Waals surface area contributed by atoms with Gasteiger partial charge >= 0.3 is 6.03 Å². The lowest BCUT2D eigenvalue weighted by atomic mass is 9.94. The molecule has 3 N–H and O–H groups in total. The van der Waals surface area contributed by atoms with Crippen LogP contribution in [0.25, 0.3) is 0 Å². The Morgan fingerprint density at radius 1 is 1.43 bits per heavy atom. The largest absolute Gasteiger partial charge is 0.354 e. The van der Waals surface area contributed by atoms with E-state index in [9.17, 15) is 9.59 Å². The highest BCUT2D eigenvalue weighted by atomic mass is 16.2. The number of carbonyl (C=O) groups is 2. The quantitative estimate of drug-likeness (QED) is 0.798. The smallest absolute Gasteiger partial charge is 0.319 e. The van der Waals surface area contributed by atoms with Crippen molar-refractivity contribution in [2.24, 2.45) is 5.92 Å². The fourth-order valence-corrected chi connectivity index (χ4v) is 2.60. The average Bonchev–Trinajstić information content (AvgIpc) is 2.45. The van der Waals surface area contributed by atoms with Crippen molar-refractivity contribution in [1.82, 2.24) is 10.6 Å². The summed E-state index contributed by atoms with van der Waals surface area (Å²) in [7, 11) is 0. The lowest BCUT2D eigenvalue weighted by molar-refractivity contribution is -0.125. The molecule has 0 aromatic heterocycles. The third-order valence-electron chi connectivity index (χ3n) is 4.02. The molecule has 21 heavy (non-hydrogen) atoms. The number of anilines is 1. The SMILES string of the molecule is CCc1cc(NC(=O)N[C@H]2C(=O)NCC[C@H]2C)ccc1C. The second-order valence-corrected chi connectivity index (χ2v) is 5.63. The fraction of sp³-hybridized carbons (Fsp3) is 0.500. The van der Waals surface area contributed by atoms with Crippen LogP contribution in [0.4, 0.5) is 10.5 Å². The molecule has 0 unspecified atom stereocenters. The van der Waals surface area contributed by atoms with Gasteiger partial charge in [0.2, 0.25) is 5.91 Å². The summed E-state index contributed by atoms with van der Waals surface area (Å²) in [5, 5.41) is 8.34. The van der Waals surface area contributed by atoms with Crippen LogP contribution in [0, 0.1) is 12.8 Å². The molecule has 114 valence electrons. The molecule has 3 amide bonds. The van der Waals surface area contributed by atoms with Gasteiger partial charge in [0.05, 0.1) is 0 Å². The van der Waals surface area contributed by atoms with E-state index in [1.807, 2.05) is 25.1 Å². The number of nitrogens with one attached hydrogen (secondary N) is 3. The van der Waals surface area contributed by atoms with Crippen molar-refractivity contribution in [3.05, 3.63) is 29.3 Å². The van der Waals surface area contributed by atoms with E-state index < -0.39 is 6.04 Å². The predicted molar refractivity (Wildman–Crippen MR) is 83.3 cm³/mol. The number of aryl methyl sites for hydroxylation is 2. The third-order valence-corrected chi connectivity index (χ3v) is 4.02. The zero-order valence-corrected chi connectivity index (χ0v) is 12.8. The van der Waals surface area contributed by atoms with Crippen LogP contribution in [-0.2, 0) is 11.2 Å². The van der Waals surface area contributed by atoms with Gasteiger partial charge in [-0.1, -0.05) is 19.9 Å². The molecule has 1 aliphatic heterocycles. The zero-order chi connectivity index (χ0) is 15.4. The van der Waals surface area contributed by atoms with E-state index in [1.54, 1.807) is 0 Å². The Kier molecular flexibility index (Phi) is 4.83. The molecule has 1 aromatic rings. The first kappa shape index (κ1) is 15.4. The Bertz CT molecular complexity index is 542. The number of urea groups is 1. The molecule has 1 aliphatic rings.